The molecule has 0 saturated heterocycles. The van der Waals surface area contributed by atoms with Crippen LogP contribution in [0.1, 0.15) is 26.7 Å². The Balaban J connectivity index is 2.64. The molecule has 1 N–H and O–H groups in total. The molecule has 0 amide bonds. The van der Waals surface area contributed by atoms with Crippen molar-refractivity contribution in [1.82, 2.24) is 0 Å². The normalized spacial score (nSPS) is 40.7. The maximum absolute atomic E-state index is 9.37. The highest BCUT2D eigenvalue weighted by atomic mass is 16.3. The Labute approximate surface area is 62.8 Å². The number of hydrogen-bond acceptors (Lipinski definition) is 1. The minimum Gasteiger partial charge on any atom is -0.389 e. The predicted molar refractivity (Wildman–Crippen MR) is 42.7 cm³/mol. The summed E-state index contributed by atoms with van der Waals surface area (Å²) in [5.41, 5.74) is 1.05. The van der Waals surface area contributed by atoms with E-state index in [4.69, 9.17) is 0 Å². The topological polar surface area (TPSA) is 20.2 Å². The Bertz CT molecular complexity index is 140. The van der Waals surface area contributed by atoms with Crippen molar-refractivity contribution in [3.63, 3.8) is 0 Å². The van der Waals surface area contributed by atoms with Crippen LogP contribution >= 0.6 is 0 Å². The van der Waals surface area contributed by atoms with Crippen LogP contribution in [0, 0.1) is 11.8 Å². The van der Waals surface area contributed by atoms with Crippen molar-refractivity contribution in [3.8, 4) is 0 Å². The second-order valence-electron chi connectivity index (χ2n) is 3.32. The predicted octanol–water partition coefficient (Wildman–Crippen LogP) is 1.97. The van der Waals surface area contributed by atoms with Gasteiger partial charge in [0.15, 0.2) is 0 Å². The summed E-state index contributed by atoms with van der Waals surface area (Å²) in [5.74, 6) is 1.20. The molecule has 1 saturated carbocycles. The Morgan fingerprint density at radius 2 is 2.30 bits per heavy atom. The van der Waals surface area contributed by atoms with Crippen molar-refractivity contribution >= 4 is 0 Å². The molecule has 1 nitrogen and oxygen atoms in total. The summed E-state index contributed by atoms with van der Waals surface area (Å²) >= 11 is 0. The number of rotatable bonds is 1. The van der Waals surface area contributed by atoms with Gasteiger partial charge in [0.1, 0.15) is 0 Å². The zero-order valence-electron chi connectivity index (χ0n) is 6.80. The fourth-order valence-corrected chi connectivity index (χ4v) is 1.94. The molecule has 0 unspecified atom stereocenters. The van der Waals surface area contributed by atoms with Gasteiger partial charge < -0.3 is 5.11 Å². The smallest absolute Gasteiger partial charge is 0.0753 e. The molecule has 1 aliphatic rings. The van der Waals surface area contributed by atoms with Crippen molar-refractivity contribution in [2.75, 3.05) is 0 Å². The fraction of sp³-hybridized carbons (Fsp3) is 0.778. The molecule has 0 aromatic rings. The Morgan fingerprint density at radius 1 is 1.70 bits per heavy atom. The molecule has 1 rings (SSSR count). The fourth-order valence-electron chi connectivity index (χ4n) is 1.94. The van der Waals surface area contributed by atoms with Crippen LogP contribution in [0.4, 0.5) is 0 Å². The maximum Gasteiger partial charge on any atom is 0.0753 e. The van der Waals surface area contributed by atoms with Crippen molar-refractivity contribution in [1.29, 1.82) is 0 Å². The number of aliphatic hydroxyl groups excluding tert-OH is 1. The van der Waals surface area contributed by atoms with Gasteiger partial charge in [-0.1, -0.05) is 20.4 Å². The lowest BCUT2D eigenvalue weighted by atomic mass is 9.93. The van der Waals surface area contributed by atoms with Crippen LogP contribution in [-0.2, 0) is 0 Å². The first-order valence-electron chi connectivity index (χ1n) is 4.03. The van der Waals surface area contributed by atoms with Gasteiger partial charge in [0.2, 0.25) is 0 Å². The zero-order chi connectivity index (χ0) is 7.72. The summed E-state index contributed by atoms with van der Waals surface area (Å²) in [6, 6.07) is 0. The van der Waals surface area contributed by atoms with Crippen molar-refractivity contribution < 1.29 is 5.11 Å². The minimum absolute atomic E-state index is 0.222. The van der Waals surface area contributed by atoms with E-state index < -0.39 is 0 Å². The lowest BCUT2D eigenvalue weighted by Crippen LogP contribution is -2.05. The third-order valence-corrected chi connectivity index (χ3v) is 2.63. The van der Waals surface area contributed by atoms with Gasteiger partial charge in [-0.2, -0.15) is 0 Å². The summed E-state index contributed by atoms with van der Waals surface area (Å²) in [4.78, 5) is 0. The lowest BCUT2D eigenvalue weighted by molar-refractivity contribution is 0.210. The van der Waals surface area contributed by atoms with E-state index in [0.717, 1.165) is 18.4 Å². The van der Waals surface area contributed by atoms with Crippen LogP contribution in [0.25, 0.3) is 0 Å². The summed E-state index contributed by atoms with van der Waals surface area (Å²) in [6.45, 7) is 8.24. The third-order valence-electron chi connectivity index (χ3n) is 2.63. The molecule has 10 heavy (non-hydrogen) atoms. The Hall–Kier alpha value is -0.300. The van der Waals surface area contributed by atoms with E-state index in [1.54, 1.807) is 0 Å². The Kier molecular flexibility index (Phi) is 2.14. The quantitative estimate of drug-likeness (QED) is 0.552. The molecule has 1 aliphatic carbocycles. The van der Waals surface area contributed by atoms with Crippen LogP contribution in [0.5, 0.6) is 0 Å². The van der Waals surface area contributed by atoms with Crippen LogP contribution in [0.15, 0.2) is 12.2 Å². The zero-order valence-corrected chi connectivity index (χ0v) is 6.80. The van der Waals surface area contributed by atoms with E-state index in [-0.39, 0.29) is 6.10 Å². The lowest BCUT2D eigenvalue weighted by Gasteiger charge is -2.12. The summed E-state index contributed by atoms with van der Waals surface area (Å²) in [7, 11) is 0. The van der Waals surface area contributed by atoms with E-state index in [9.17, 15) is 5.11 Å². The average Bonchev–Trinajstić information content (AvgIpc) is 2.09. The molecule has 0 aliphatic heterocycles. The molecule has 3 atom stereocenters. The number of aliphatic hydroxyl groups is 1. The maximum atomic E-state index is 9.37. The first-order valence-corrected chi connectivity index (χ1v) is 4.03. The molecular formula is C9H16O. The van der Waals surface area contributed by atoms with Crippen molar-refractivity contribution in [3.05, 3.63) is 12.2 Å². The second kappa shape index (κ2) is 2.75. The van der Waals surface area contributed by atoms with Crippen LogP contribution < -0.4 is 0 Å². The van der Waals surface area contributed by atoms with Gasteiger partial charge in [0.25, 0.3) is 0 Å². The minimum atomic E-state index is -0.222. The van der Waals surface area contributed by atoms with Crippen LogP contribution in [0.2, 0.25) is 0 Å². The molecule has 0 aromatic carbocycles. The monoisotopic (exact) mass is 140 g/mol. The van der Waals surface area contributed by atoms with Gasteiger partial charge in [-0.05, 0) is 30.3 Å². The molecular weight excluding hydrogens is 124 g/mol. The summed E-state index contributed by atoms with van der Waals surface area (Å²) < 4.78 is 0. The summed E-state index contributed by atoms with van der Waals surface area (Å²) in [5, 5.41) is 9.37. The Morgan fingerprint density at radius 3 is 2.50 bits per heavy atom. The van der Waals surface area contributed by atoms with Gasteiger partial charge in [-0.25, -0.2) is 0 Å². The van der Waals surface area contributed by atoms with E-state index in [1.807, 2.05) is 0 Å². The van der Waals surface area contributed by atoms with E-state index in [0.29, 0.717) is 11.8 Å². The van der Waals surface area contributed by atoms with E-state index in [1.165, 1.54) is 0 Å². The average molecular weight is 140 g/mol. The van der Waals surface area contributed by atoms with E-state index in [2.05, 4.69) is 20.4 Å². The second-order valence-corrected chi connectivity index (χ2v) is 3.32. The molecule has 1 heteroatoms. The first kappa shape index (κ1) is 7.80. The SMILES string of the molecule is C=C1[C@H](O)C[C@H](C)[C@H]1CC. The molecule has 0 spiro atoms. The van der Waals surface area contributed by atoms with Gasteiger partial charge in [0.05, 0.1) is 6.10 Å². The van der Waals surface area contributed by atoms with Gasteiger partial charge in [0, 0.05) is 0 Å². The largest absolute Gasteiger partial charge is 0.389 e. The molecule has 0 aromatic heterocycles. The highest BCUT2D eigenvalue weighted by molar-refractivity contribution is 5.14. The highest BCUT2D eigenvalue weighted by Gasteiger charge is 2.31. The van der Waals surface area contributed by atoms with Crippen molar-refractivity contribution in [2.45, 2.75) is 32.8 Å². The standard InChI is InChI=1S/C9H16O/c1-4-8-6(2)5-9(10)7(8)3/h6,8-10H,3-5H2,1-2H3/t6-,8+,9+/m0/s1. The van der Waals surface area contributed by atoms with Crippen LogP contribution in [-0.4, -0.2) is 11.2 Å². The first-order chi connectivity index (χ1) is 4.66. The van der Waals surface area contributed by atoms with Gasteiger partial charge in [-0.15, -0.1) is 0 Å². The molecule has 0 heterocycles. The van der Waals surface area contributed by atoms with Crippen molar-refractivity contribution in [2.24, 2.45) is 11.8 Å². The van der Waals surface area contributed by atoms with E-state index >= 15 is 0 Å². The van der Waals surface area contributed by atoms with Gasteiger partial charge >= 0.3 is 0 Å². The molecule has 58 valence electrons. The summed E-state index contributed by atoms with van der Waals surface area (Å²) in [6.07, 6.45) is 1.81. The van der Waals surface area contributed by atoms with Gasteiger partial charge in [-0.3, -0.25) is 0 Å². The highest BCUT2D eigenvalue weighted by Crippen LogP contribution is 2.37. The molecule has 1 fully saturated rings. The molecule has 0 bridgehead atoms. The third kappa shape index (κ3) is 1.10. The van der Waals surface area contributed by atoms with Crippen LogP contribution in [0.3, 0.4) is 0 Å². The number of hydrogen-bond donors (Lipinski definition) is 1. The molecule has 0 radical (unpaired) electrons.